The van der Waals surface area contributed by atoms with Crippen molar-refractivity contribution in [2.75, 3.05) is 29.9 Å². The molecule has 3 aromatic carbocycles. The molecule has 42 heavy (non-hydrogen) atoms. The van der Waals surface area contributed by atoms with Gasteiger partial charge in [0.15, 0.2) is 0 Å². The zero-order valence-electron chi connectivity index (χ0n) is 22.8. The van der Waals surface area contributed by atoms with Gasteiger partial charge in [0.25, 0.3) is 0 Å². The Labute approximate surface area is 259 Å². The molecule has 0 saturated heterocycles. The fraction of sp³-hybridized carbons (Fsp3) is 0.250. The molecular formula is C28H30Cl3N5O5S. The molecule has 0 atom stereocenters. The van der Waals surface area contributed by atoms with E-state index in [0.29, 0.717) is 34.6 Å². The van der Waals surface area contributed by atoms with Crippen molar-refractivity contribution >= 4 is 74.0 Å². The van der Waals surface area contributed by atoms with E-state index >= 15 is 0 Å². The van der Waals surface area contributed by atoms with Gasteiger partial charge >= 0.3 is 6.09 Å². The number of hydrogen-bond acceptors (Lipinski definition) is 6. The van der Waals surface area contributed by atoms with Crippen molar-refractivity contribution in [1.82, 2.24) is 0 Å². The number of carbonyl (C=O) groups excluding carboxylic acids is 2. The molecule has 0 spiro atoms. The zero-order valence-corrected chi connectivity index (χ0v) is 25.8. The first kappa shape index (κ1) is 33.2. The third-order valence-corrected chi connectivity index (χ3v) is 6.97. The molecular weight excluding hydrogens is 625 g/mol. The van der Waals surface area contributed by atoms with Crippen LogP contribution in [-0.4, -0.2) is 49.7 Å². The highest BCUT2D eigenvalue weighted by Gasteiger charge is 2.22. The molecule has 0 fully saturated rings. The molecule has 0 aliphatic rings. The Morgan fingerprint density at radius 1 is 1.02 bits per heavy atom. The smallest absolute Gasteiger partial charge is 0.435 e. The summed E-state index contributed by atoms with van der Waals surface area (Å²) in [7, 11) is -3.91. The van der Waals surface area contributed by atoms with Crippen molar-refractivity contribution in [1.29, 1.82) is 0 Å². The number of ether oxygens (including phenoxy) is 1. The molecule has 0 radical (unpaired) electrons. The predicted octanol–water partition coefficient (Wildman–Crippen LogP) is 5.31. The monoisotopic (exact) mass is 653 g/mol. The SMILES string of the molecule is CC(C)CN(CC(=O)Nc1ccc(-c2ccccc2S(N)(=O)=O)cc1)c1cccc(C(N)=NC(=O)OCC(Cl)(Cl)Cl)c1. The second kappa shape index (κ2) is 14.2. The van der Waals surface area contributed by atoms with Crippen molar-refractivity contribution in [3.05, 3.63) is 78.4 Å². The summed E-state index contributed by atoms with van der Waals surface area (Å²) in [4.78, 5) is 30.6. The van der Waals surface area contributed by atoms with Gasteiger partial charge < -0.3 is 20.7 Å². The average Bonchev–Trinajstić information content (AvgIpc) is 2.91. The summed E-state index contributed by atoms with van der Waals surface area (Å²) in [5, 5.41) is 8.22. The van der Waals surface area contributed by atoms with E-state index in [0.717, 1.165) is 0 Å². The Morgan fingerprint density at radius 2 is 1.69 bits per heavy atom. The maximum Gasteiger partial charge on any atom is 0.435 e. The molecule has 0 heterocycles. The van der Waals surface area contributed by atoms with Crippen molar-refractivity contribution < 1.29 is 22.7 Å². The van der Waals surface area contributed by atoms with Gasteiger partial charge in [0.2, 0.25) is 19.7 Å². The molecule has 2 amide bonds. The van der Waals surface area contributed by atoms with Gasteiger partial charge in [-0.1, -0.05) is 91.1 Å². The Balaban J connectivity index is 1.74. The van der Waals surface area contributed by atoms with Gasteiger partial charge in [-0.2, -0.15) is 4.99 Å². The van der Waals surface area contributed by atoms with E-state index in [9.17, 15) is 18.0 Å². The molecule has 14 heteroatoms. The topological polar surface area (TPSA) is 157 Å². The number of benzene rings is 3. The van der Waals surface area contributed by atoms with Crippen LogP contribution in [-0.2, 0) is 19.6 Å². The molecule has 0 unspecified atom stereocenters. The first-order chi connectivity index (χ1) is 19.6. The van der Waals surface area contributed by atoms with E-state index in [4.69, 9.17) is 50.4 Å². The number of halogens is 3. The fourth-order valence-corrected chi connectivity index (χ4v) is 4.89. The molecule has 0 bridgehead atoms. The zero-order chi connectivity index (χ0) is 31.1. The number of carbonyl (C=O) groups is 2. The largest absolute Gasteiger partial charge is 0.443 e. The highest BCUT2D eigenvalue weighted by atomic mass is 35.6. The van der Waals surface area contributed by atoms with Crippen LogP contribution in [0.1, 0.15) is 19.4 Å². The third-order valence-electron chi connectivity index (χ3n) is 5.67. The van der Waals surface area contributed by atoms with Crippen molar-refractivity contribution in [3.63, 3.8) is 0 Å². The Bertz CT molecular complexity index is 1560. The van der Waals surface area contributed by atoms with Crippen molar-refractivity contribution in [2.45, 2.75) is 22.5 Å². The van der Waals surface area contributed by atoms with E-state index in [1.807, 2.05) is 24.8 Å². The molecule has 0 aliphatic carbocycles. The first-order valence-electron chi connectivity index (χ1n) is 12.6. The molecule has 10 nitrogen and oxygen atoms in total. The van der Waals surface area contributed by atoms with Crippen LogP contribution >= 0.6 is 34.8 Å². The van der Waals surface area contributed by atoms with E-state index in [2.05, 4.69) is 10.3 Å². The van der Waals surface area contributed by atoms with Gasteiger partial charge in [-0.05, 0) is 41.8 Å². The van der Waals surface area contributed by atoms with Gasteiger partial charge in [-0.15, -0.1) is 0 Å². The Hall–Kier alpha value is -3.35. The second-order valence-electron chi connectivity index (χ2n) is 9.66. The van der Waals surface area contributed by atoms with E-state index in [1.54, 1.807) is 60.7 Å². The van der Waals surface area contributed by atoms with Gasteiger partial charge in [-0.3, -0.25) is 4.79 Å². The fourth-order valence-electron chi connectivity index (χ4n) is 3.96. The van der Waals surface area contributed by atoms with Crippen LogP contribution in [0.3, 0.4) is 0 Å². The Kier molecular flexibility index (Phi) is 11.2. The number of alkyl halides is 3. The third kappa shape index (κ3) is 10.2. The number of amidine groups is 1. The summed E-state index contributed by atoms with van der Waals surface area (Å²) in [6, 6.07) is 20.1. The number of rotatable bonds is 10. The van der Waals surface area contributed by atoms with E-state index in [-0.39, 0.29) is 29.1 Å². The van der Waals surface area contributed by atoms with Crippen LogP contribution in [0.15, 0.2) is 82.7 Å². The lowest BCUT2D eigenvalue weighted by Crippen LogP contribution is -2.36. The van der Waals surface area contributed by atoms with E-state index in [1.165, 1.54) is 6.07 Å². The molecule has 0 aliphatic heterocycles. The summed E-state index contributed by atoms with van der Waals surface area (Å²) in [6.07, 6.45) is -1.01. The predicted molar refractivity (Wildman–Crippen MR) is 168 cm³/mol. The van der Waals surface area contributed by atoms with Crippen LogP contribution in [0.5, 0.6) is 0 Å². The Morgan fingerprint density at radius 3 is 2.31 bits per heavy atom. The summed E-state index contributed by atoms with van der Waals surface area (Å²) < 4.78 is 27.0. The number of anilines is 2. The lowest BCUT2D eigenvalue weighted by molar-refractivity contribution is -0.115. The van der Waals surface area contributed by atoms with Crippen LogP contribution < -0.4 is 21.1 Å². The quantitative estimate of drug-likeness (QED) is 0.152. The minimum absolute atomic E-state index is 0.0127. The van der Waals surface area contributed by atoms with Crippen molar-refractivity contribution in [2.24, 2.45) is 21.8 Å². The van der Waals surface area contributed by atoms with Gasteiger partial charge in [0.05, 0.1) is 11.4 Å². The van der Waals surface area contributed by atoms with Gasteiger partial charge in [0, 0.05) is 29.0 Å². The minimum Gasteiger partial charge on any atom is -0.443 e. The van der Waals surface area contributed by atoms with Crippen LogP contribution in [0.4, 0.5) is 16.2 Å². The number of sulfonamides is 1. The normalized spacial score (nSPS) is 12.2. The number of amides is 2. The molecule has 3 aromatic rings. The number of hydrogen-bond donors (Lipinski definition) is 3. The molecule has 0 aromatic heterocycles. The number of aliphatic imine (C=N–C) groups is 1. The number of nitrogens with zero attached hydrogens (tertiary/aromatic N) is 2. The highest BCUT2D eigenvalue weighted by Crippen LogP contribution is 2.28. The summed E-state index contributed by atoms with van der Waals surface area (Å²) in [6.45, 7) is 4.10. The van der Waals surface area contributed by atoms with Crippen LogP contribution in [0.25, 0.3) is 11.1 Å². The lowest BCUT2D eigenvalue weighted by Gasteiger charge is -2.26. The van der Waals surface area contributed by atoms with Gasteiger partial charge in [0.1, 0.15) is 12.4 Å². The number of nitrogens with two attached hydrogens (primary N) is 2. The van der Waals surface area contributed by atoms with Crippen LogP contribution in [0.2, 0.25) is 0 Å². The maximum absolute atomic E-state index is 13.0. The average molecular weight is 655 g/mol. The number of nitrogens with one attached hydrogen (secondary N) is 1. The first-order valence-corrected chi connectivity index (χ1v) is 15.3. The lowest BCUT2D eigenvalue weighted by atomic mass is 10.1. The molecule has 3 rings (SSSR count). The summed E-state index contributed by atoms with van der Waals surface area (Å²) in [5.41, 5.74) is 8.74. The number of primary sulfonamides is 1. The van der Waals surface area contributed by atoms with E-state index < -0.39 is 26.5 Å². The standard InChI is InChI=1S/C28H30Cl3N5O5S/c1-18(2)15-36(22-7-5-6-20(14-22)26(32)35-27(38)41-17-28(29,30)31)16-25(37)34-21-12-10-19(11-13-21)23-8-3-4-9-24(23)42(33,39)40/h3-14,18H,15-17H2,1-2H3,(H,34,37)(H2,32,35,38)(H2,33,39,40). The van der Waals surface area contributed by atoms with Crippen molar-refractivity contribution in [3.8, 4) is 11.1 Å². The molecule has 5 N–H and O–H groups in total. The maximum atomic E-state index is 13.0. The minimum atomic E-state index is -3.91. The molecule has 0 saturated carbocycles. The second-order valence-corrected chi connectivity index (χ2v) is 13.7. The highest BCUT2D eigenvalue weighted by molar-refractivity contribution is 7.89. The van der Waals surface area contributed by atoms with Crippen LogP contribution in [0, 0.1) is 5.92 Å². The summed E-state index contributed by atoms with van der Waals surface area (Å²) >= 11 is 16.8. The molecule has 224 valence electrons. The summed E-state index contributed by atoms with van der Waals surface area (Å²) in [5.74, 6) is -0.178. The van der Waals surface area contributed by atoms with Gasteiger partial charge in [-0.25, -0.2) is 18.4 Å².